The van der Waals surface area contributed by atoms with E-state index in [1.54, 1.807) is 24.3 Å². The molecule has 0 fully saturated rings. The number of fused-ring (bicyclic) bond motifs is 1. The van der Waals surface area contributed by atoms with Crippen LogP contribution in [0.5, 0.6) is 5.75 Å². The maximum Gasteiger partial charge on any atom is 0.309 e. The summed E-state index contributed by atoms with van der Waals surface area (Å²) in [6.45, 7) is 0. The molecule has 4 nitrogen and oxygen atoms in total. The Kier molecular flexibility index (Phi) is 2.25. The van der Waals surface area contributed by atoms with Crippen LogP contribution in [-0.2, 0) is 11.2 Å². The Morgan fingerprint density at radius 2 is 2.00 bits per heavy atom. The predicted molar refractivity (Wildman–Crippen MR) is 54.7 cm³/mol. The number of carbonyl (C=O) groups is 1. The van der Waals surface area contributed by atoms with Crippen molar-refractivity contribution in [2.24, 2.45) is 0 Å². The molecule has 0 amide bonds. The molecule has 0 bridgehead atoms. The summed E-state index contributed by atoms with van der Waals surface area (Å²) in [4.78, 5) is 14.6. The molecule has 0 atom stereocenters. The first-order chi connectivity index (χ1) is 7.15. The maximum absolute atomic E-state index is 10.5. The zero-order valence-electron chi connectivity index (χ0n) is 7.84. The fourth-order valence-corrected chi connectivity index (χ4v) is 1.40. The van der Waals surface area contributed by atoms with Gasteiger partial charge in [0.25, 0.3) is 0 Å². The first-order valence-corrected chi connectivity index (χ1v) is 4.45. The van der Waals surface area contributed by atoms with Gasteiger partial charge in [0.15, 0.2) is 0 Å². The number of carboxylic acid groups (broad SMARTS) is 1. The number of phenols is 1. The summed E-state index contributed by atoms with van der Waals surface area (Å²) < 4.78 is 0. The van der Waals surface area contributed by atoms with Gasteiger partial charge >= 0.3 is 5.97 Å². The molecule has 0 saturated carbocycles. The second kappa shape index (κ2) is 3.57. The van der Waals surface area contributed by atoms with Crippen LogP contribution in [0.15, 0.2) is 30.3 Å². The molecular weight excluding hydrogens is 194 g/mol. The first kappa shape index (κ1) is 9.45. The number of carboxylic acids is 1. The SMILES string of the molecule is O=C(O)Cc1ccc2ccc(O)cc2n1. The molecule has 1 heterocycles. The molecule has 2 N–H and O–H groups in total. The van der Waals surface area contributed by atoms with Crippen LogP contribution in [-0.4, -0.2) is 21.2 Å². The van der Waals surface area contributed by atoms with Gasteiger partial charge in [0, 0.05) is 11.5 Å². The Bertz CT molecular complexity index is 522. The number of nitrogens with zero attached hydrogens (tertiary/aromatic N) is 1. The standard InChI is InChI=1S/C11H9NO3/c13-9-4-2-7-1-3-8(5-11(14)15)12-10(7)6-9/h1-4,6,13H,5H2,(H,14,15). The van der Waals surface area contributed by atoms with Crippen LogP contribution in [0.25, 0.3) is 10.9 Å². The van der Waals surface area contributed by atoms with E-state index in [2.05, 4.69) is 4.98 Å². The smallest absolute Gasteiger partial charge is 0.309 e. The molecule has 2 rings (SSSR count). The van der Waals surface area contributed by atoms with E-state index in [9.17, 15) is 9.90 Å². The number of hydrogen-bond donors (Lipinski definition) is 2. The molecule has 0 aliphatic rings. The Balaban J connectivity index is 2.49. The van der Waals surface area contributed by atoms with Crippen LogP contribution >= 0.6 is 0 Å². The summed E-state index contributed by atoms with van der Waals surface area (Å²) in [5, 5.41) is 18.7. The van der Waals surface area contributed by atoms with Gasteiger partial charge in [-0.1, -0.05) is 6.07 Å². The normalized spacial score (nSPS) is 10.4. The second-order valence-electron chi connectivity index (χ2n) is 3.25. The molecule has 0 saturated heterocycles. The maximum atomic E-state index is 10.5. The number of aliphatic carboxylic acids is 1. The molecule has 2 aromatic rings. The number of benzene rings is 1. The fraction of sp³-hybridized carbons (Fsp3) is 0.0909. The van der Waals surface area contributed by atoms with Crippen molar-refractivity contribution in [2.45, 2.75) is 6.42 Å². The molecule has 76 valence electrons. The molecular formula is C11H9NO3. The Hall–Kier alpha value is -2.10. The quantitative estimate of drug-likeness (QED) is 0.777. The zero-order chi connectivity index (χ0) is 10.8. The summed E-state index contributed by atoms with van der Waals surface area (Å²) in [6, 6.07) is 8.29. The van der Waals surface area contributed by atoms with Crippen molar-refractivity contribution in [1.29, 1.82) is 0 Å². The molecule has 0 unspecified atom stereocenters. The second-order valence-corrected chi connectivity index (χ2v) is 3.25. The van der Waals surface area contributed by atoms with E-state index in [0.29, 0.717) is 11.2 Å². The van der Waals surface area contributed by atoms with Gasteiger partial charge in [0.1, 0.15) is 5.75 Å². The topological polar surface area (TPSA) is 70.4 Å². The third-order valence-corrected chi connectivity index (χ3v) is 2.07. The van der Waals surface area contributed by atoms with Crippen molar-refractivity contribution in [2.75, 3.05) is 0 Å². The van der Waals surface area contributed by atoms with E-state index in [1.165, 1.54) is 6.07 Å². The summed E-state index contributed by atoms with van der Waals surface area (Å²) >= 11 is 0. The lowest BCUT2D eigenvalue weighted by molar-refractivity contribution is -0.136. The van der Waals surface area contributed by atoms with Crippen molar-refractivity contribution in [3.63, 3.8) is 0 Å². The fourth-order valence-electron chi connectivity index (χ4n) is 1.40. The number of pyridine rings is 1. The van der Waals surface area contributed by atoms with E-state index < -0.39 is 5.97 Å². The molecule has 15 heavy (non-hydrogen) atoms. The average molecular weight is 203 g/mol. The van der Waals surface area contributed by atoms with Crippen molar-refractivity contribution < 1.29 is 15.0 Å². The highest BCUT2D eigenvalue weighted by molar-refractivity contribution is 5.80. The lowest BCUT2D eigenvalue weighted by Crippen LogP contribution is -2.01. The summed E-state index contributed by atoms with van der Waals surface area (Å²) in [5.41, 5.74) is 1.09. The van der Waals surface area contributed by atoms with Gasteiger partial charge in [-0.15, -0.1) is 0 Å². The minimum atomic E-state index is -0.915. The largest absolute Gasteiger partial charge is 0.508 e. The van der Waals surface area contributed by atoms with Crippen LogP contribution in [0.3, 0.4) is 0 Å². The minimum Gasteiger partial charge on any atom is -0.508 e. The van der Waals surface area contributed by atoms with E-state index in [1.807, 2.05) is 0 Å². The van der Waals surface area contributed by atoms with Gasteiger partial charge in [-0.3, -0.25) is 9.78 Å². The van der Waals surface area contributed by atoms with E-state index in [-0.39, 0.29) is 12.2 Å². The minimum absolute atomic E-state index is 0.106. The number of aromatic hydroxyl groups is 1. The third-order valence-electron chi connectivity index (χ3n) is 2.07. The third kappa shape index (κ3) is 2.04. The molecule has 1 aromatic heterocycles. The Labute approximate surface area is 85.8 Å². The number of phenolic OH excluding ortho intramolecular Hbond substituents is 1. The van der Waals surface area contributed by atoms with Gasteiger partial charge in [0.05, 0.1) is 17.6 Å². The Morgan fingerprint density at radius 3 is 2.73 bits per heavy atom. The summed E-state index contributed by atoms with van der Waals surface area (Å²) in [7, 11) is 0. The van der Waals surface area contributed by atoms with Gasteiger partial charge in [-0.25, -0.2) is 0 Å². The molecule has 1 aromatic carbocycles. The Morgan fingerprint density at radius 1 is 1.27 bits per heavy atom. The van der Waals surface area contributed by atoms with Crippen molar-refractivity contribution in [3.8, 4) is 5.75 Å². The van der Waals surface area contributed by atoms with Crippen molar-refractivity contribution in [1.82, 2.24) is 4.98 Å². The summed E-state index contributed by atoms with van der Waals surface area (Å²) in [6.07, 6.45) is -0.106. The molecule has 4 heteroatoms. The van der Waals surface area contributed by atoms with E-state index >= 15 is 0 Å². The lowest BCUT2D eigenvalue weighted by Gasteiger charge is -2.00. The molecule has 0 aliphatic carbocycles. The van der Waals surface area contributed by atoms with Gasteiger partial charge in [-0.2, -0.15) is 0 Å². The monoisotopic (exact) mass is 203 g/mol. The van der Waals surface area contributed by atoms with Gasteiger partial charge in [-0.05, 0) is 18.2 Å². The highest BCUT2D eigenvalue weighted by atomic mass is 16.4. The highest BCUT2D eigenvalue weighted by Gasteiger charge is 2.03. The number of hydrogen-bond acceptors (Lipinski definition) is 3. The van der Waals surface area contributed by atoms with E-state index in [0.717, 1.165) is 5.39 Å². The molecule has 0 radical (unpaired) electrons. The number of aromatic nitrogens is 1. The van der Waals surface area contributed by atoms with Crippen LogP contribution in [0.2, 0.25) is 0 Å². The van der Waals surface area contributed by atoms with Crippen molar-refractivity contribution in [3.05, 3.63) is 36.0 Å². The van der Waals surface area contributed by atoms with Crippen LogP contribution in [0, 0.1) is 0 Å². The lowest BCUT2D eigenvalue weighted by atomic mass is 10.2. The zero-order valence-corrected chi connectivity index (χ0v) is 7.84. The predicted octanol–water partition coefficient (Wildman–Crippen LogP) is 1.57. The van der Waals surface area contributed by atoms with E-state index in [4.69, 9.17) is 5.11 Å². The van der Waals surface area contributed by atoms with Crippen molar-refractivity contribution >= 4 is 16.9 Å². The average Bonchev–Trinajstić information content (AvgIpc) is 2.16. The summed E-state index contributed by atoms with van der Waals surface area (Å²) in [5.74, 6) is -0.788. The molecule has 0 spiro atoms. The van der Waals surface area contributed by atoms with Crippen LogP contribution in [0.1, 0.15) is 5.69 Å². The number of rotatable bonds is 2. The van der Waals surface area contributed by atoms with Gasteiger partial charge in [0.2, 0.25) is 0 Å². The van der Waals surface area contributed by atoms with Crippen LogP contribution < -0.4 is 0 Å². The van der Waals surface area contributed by atoms with Gasteiger partial charge < -0.3 is 10.2 Å². The highest BCUT2D eigenvalue weighted by Crippen LogP contribution is 2.18. The molecule has 0 aliphatic heterocycles. The first-order valence-electron chi connectivity index (χ1n) is 4.45. The van der Waals surface area contributed by atoms with Crippen LogP contribution in [0.4, 0.5) is 0 Å².